The summed E-state index contributed by atoms with van der Waals surface area (Å²) in [5.74, 6) is 0.0839. The first-order chi connectivity index (χ1) is 15.0. The van der Waals surface area contributed by atoms with Crippen LogP contribution in [0.25, 0.3) is 0 Å². The van der Waals surface area contributed by atoms with Gasteiger partial charge in [-0.25, -0.2) is 8.42 Å². The third kappa shape index (κ3) is 5.33. The molecule has 0 aliphatic carbocycles. The molecule has 2 heterocycles. The number of benzene rings is 2. The average Bonchev–Trinajstić information content (AvgIpc) is 3.26. The number of piperidine rings is 1. The van der Waals surface area contributed by atoms with Gasteiger partial charge in [-0.1, -0.05) is 41.5 Å². The topological polar surface area (TPSA) is 105 Å². The molecule has 4 rings (SSSR count). The Morgan fingerprint density at radius 2 is 1.81 bits per heavy atom. The highest BCUT2D eigenvalue weighted by Gasteiger charge is 2.33. The summed E-state index contributed by atoms with van der Waals surface area (Å²) >= 11 is 1.55. The lowest BCUT2D eigenvalue weighted by atomic mass is 9.99. The summed E-state index contributed by atoms with van der Waals surface area (Å²) < 4.78 is 32.6. The monoisotopic (exact) mass is 458 g/mol. The molecule has 162 valence electrons. The minimum Gasteiger partial charge on any atom is -0.407 e. The van der Waals surface area contributed by atoms with Gasteiger partial charge < -0.3 is 4.42 Å². The van der Waals surface area contributed by atoms with Crippen molar-refractivity contribution >= 4 is 33.7 Å². The molecule has 1 atom stereocenters. The fourth-order valence-electron chi connectivity index (χ4n) is 3.35. The van der Waals surface area contributed by atoms with Crippen LogP contribution in [0.4, 0.5) is 6.01 Å². The van der Waals surface area contributed by atoms with Crippen molar-refractivity contribution in [3.05, 3.63) is 66.6 Å². The van der Waals surface area contributed by atoms with Crippen LogP contribution in [0.1, 0.15) is 18.7 Å². The molecule has 1 saturated heterocycles. The standard InChI is InChI=1S/C21H22N4O4S2/c26-20(22-21-24-23-19(29-21)15-30-17-9-3-1-4-10-17)16-8-7-13-25(14-16)31(27,28)18-11-5-2-6-12-18/h1-6,9-12,16H,7-8,13-15H2,(H,22,24,26). The zero-order chi connectivity index (χ0) is 21.7. The maximum Gasteiger partial charge on any atom is 0.322 e. The summed E-state index contributed by atoms with van der Waals surface area (Å²) in [6.45, 7) is 0.510. The zero-order valence-electron chi connectivity index (χ0n) is 16.7. The van der Waals surface area contributed by atoms with E-state index in [4.69, 9.17) is 4.42 Å². The van der Waals surface area contributed by atoms with E-state index in [0.717, 1.165) is 4.90 Å². The summed E-state index contributed by atoms with van der Waals surface area (Å²) in [6.07, 6.45) is 1.20. The molecule has 2 aromatic carbocycles. The Bertz CT molecular complexity index is 1120. The number of hydrogen-bond acceptors (Lipinski definition) is 7. The molecule has 10 heteroatoms. The Hall–Kier alpha value is -2.69. The second-order valence-electron chi connectivity index (χ2n) is 7.11. The lowest BCUT2D eigenvalue weighted by Crippen LogP contribution is -2.43. The van der Waals surface area contributed by atoms with E-state index >= 15 is 0 Å². The molecule has 0 saturated carbocycles. The van der Waals surface area contributed by atoms with Crippen LogP contribution < -0.4 is 5.32 Å². The Morgan fingerprint density at radius 1 is 1.10 bits per heavy atom. The predicted octanol–water partition coefficient (Wildman–Crippen LogP) is 3.40. The van der Waals surface area contributed by atoms with Crippen molar-refractivity contribution in [3.8, 4) is 0 Å². The molecular weight excluding hydrogens is 436 g/mol. The zero-order valence-corrected chi connectivity index (χ0v) is 18.3. The van der Waals surface area contributed by atoms with Gasteiger partial charge in [0.2, 0.25) is 21.8 Å². The Labute approximate surface area is 185 Å². The first-order valence-corrected chi connectivity index (χ1v) is 12.3. The Kier molecular flexibility index (Phi) is 6.69. The number of hydrogen-bond donors (Lipinski definition) is 1. The number of sulfonamides is 1. The maximum absolute atomic E-state index is 12.9. The van der Waals surface area contributed by atoms with Gasteiger partial charge in [-0.05, 0) is 37.1 Å². The lowest BCUT2D eigenvalue weighted by Gasteiger charge is -2.30. The summed E-state index contributed by atoms with van der Waals surface area (Å²) in [6, 6.07) is 18.1. The number of nitrogens with one attached hydrogen (secondary N) is 1. The predicted molar refractivity (Wildman–Crippen MR) is 117 cm³/mol. The number of carbonyl (C=O) groups is 1. The fourth-order valence-corrected chi connectivity index (χ4v) is 5.65. The van der Waals surface area contributed by atoms with Crippen molar-refractivity contribution in [2.75, 3.05) is 18.4 Å². The first kappa shape index (κ1) is 21.5. The van der Waals surface area contributed by atoms with E-state index in [-0.39, 0.29) is 23.4 Å². The van der Waals surface area contributed by atoms with Gasteiger partial charge in [0.25, 0.3) is 0 Å². The van der Waals surface area contributed by atoms with Crippen LogP contribution >= 0.6 is 11.8 Å². The quantitative estimate of drug-likeness (QED) is 0.541. The molecule has 1 unspecified atom stereocenters. The first-order valence-electron chi connectivity index (χ1n) is 9.88. The second-order valence-corrected chi connectivity index (χ2v) is 10.1. The molecule has 3 aromatic rings. The van der Waals surface area contributed by atoms with Crippen molar-refractivity contribution in [3.63, 3.8) is 0 Å². The number of anilines is 1. The number of amides is 1. The Balaban J connectivity index is 1.35. The highest BCUT2D eigenvalue weighted by atomic mass is 32.2. The number of rotatable bonds is 7. The number of aromatic nitrogens is 2. The van der Waals surface area contributed by atoms with Crippen LogP contribution in [0.2, 0.25) is 0 Å². The maximum atomic E-state index is 12.9. The van der Waals surface area contributed by atoms with Crippen LogP contribution in [-0.4, -0.2) is 41.9 Å². The summed E-state index contributed by atoms with van der Waals surface area (Å²) in [4.78, 5) is 14.0. The SMILES string of the molecule is O=C(Nc1nnc(CSc2ccccc2)o1)C1CCCN(S(=O)(=O)c2ccccc2)C1. The second kappa shape index (κ2) is 9.63. The summed E-state index contributed by atoms with van der Waals surface area (Å²) in [7, 11) is -3.63. The molecule has 0 bridgehead atoms. The van der Waals surface area contributed by atoms with Gasteiger partial charge >= 0.3 is 6.01 Å². The van der Waals surface area contributed by atoms with E-state index in [2.05, 4.69) is 15.5 Å². The van der Waals surface area contributed by atoms with Crippen molar-refractivity contribution in [1.82, 2.24) is 14.5 Å². The van der Waals surface area contributed by atoms with Crippen molar-refractivity contribution in [1.29, 1.82) is 0 Å². The molecule has 1 amide bonds. The number of thioether (sulfide) groups is 1. The van der Waals surface area contributed by atoms with Crippen LogP contribution in [0.3, 0.4) is 0 Å². The third-order valence-electron chi connectivity index (χ3n) is 4.94. The molecule has 1 aromatic heterocycles. The van der Waals surface area contributed by atoms with E-state index in [1.54, 1.807) is 42.1 Å². The van der Waals surface area contributed by atoms with Crippen molar-refractivity contribution in [2.24, 2.45) is 5.92 Å². The van der Waals surface area contributed by atoms with Gasteiger partial charge in [0, 0.05) is 18.0 Å². The molecular formula is C21H22N4O4S2. The van der Waals surface area contributed by atoms with Crippen LogP contribution in [-0.2, 0) is 20.6 Å². The third-order valence-corrected chi connectivity index (χ3v) is 7.81. The molecule has 1 aliphatic heterocycles. The van der Waals surface area contributed by atoms with E-state index < -0.39 is 15.9 Å². The largest absolute Gasteiger partial charge is 0.407 e. The van der Waals surface area contributed by atoms with Crippen molar-refractivity contribution in [2.45, 2.75) is 28.4 Å². The van der Waals surface area contributed by atoms with E-state index in [1.807, 2.05) is 30.3 Å². The van der Waals surface area contributed by atoms with Crippen molar-refractivity contribution < 1.29 is 17.6 Å². The van der Waals surface area contributed by atoms with Crippen LogP contribution in [0, 0.1) is 5.92 Å². The summed E-state index contributed by atoms with van der Waals surface area (Å²) in [5, 5.41) is 10.5. The Morgan fingerprint density at radius 3 is 2.55 bits per heavy atom. The van der Waals surface area contributed by atoms with Crippen LogP contribution in [0.15, 0.2) is 74.9 Å². The molecule has 1 aliphatic rings. The minimum atomic E-state index is -3.63. The molecule has 0 radical (unpaired) electrons. The van der Waals surface area contributed by atoms with Gasteiger partial charge in [0.1, 0.15) is 0 Å². The highest BCUT2D eigenvalue weighted by Crippen LogP contribution is 2.25. The van der Waals surface area contributed by atoms with E-state index in [1.165, 1.54) is 4.31 Å². The molecule has 31 heavy (non-hydrogen) atoms. The van der Waals surface area contributed by atoms with Gasteiger partial charge in [0.05, 0.1) is 16.6 Å². The average molecular weight is 459 g/mol. The van der Waals surface area contributed by atoms with E-state index in [9.17, 15) is 13.2 Å². The molecule has 8 nitrogen and oxygen atoms in total. The molecule has 1 N–H and O–H groups in total. The lowest BCUT2D eigenvalue weighted by molar-refractivity contribution is -0.121. The smallest absolute Gasteiger partial charge is 0.322 e. The number of nitrogens with zero attached hydrogens (tertiary/aromatic N) is 3. The van der Waals surface area contributed by atoms with Gasteiger partial charge in [-0.15, -0.1) is 16.9 Å². The summed E-state index contributed by atoms with van der Waals surface area (Å²) in [5.41, 5.74) is 0. The molecule has 0 spiro atoms. The number of carbonyl (C=O) groups excluding carboxylic acids is 1. The molecule has 1 fully saturated rings. The van der Waals surface area contributed by atoms with Gasteiger partial charge in [-0.2, -0.15) is 4.31 Å². The van der Waals surface area contributed by atoms with E-state index in [0.29, 0.717) is 31.0 Å². The van der Waals surface area contributed by atoms with Gasteiger partial charge in [0.15, 0.2) is 0 Å². The van der Waals surface area contributed by atoms with Crippen LogP contribution in [0.5, 0.6) is 0 Å². The van der Waals surface area contributed by atoms with Gasteiger partial charge in [-0.3, -0.25) is 10.1 Å². The minimum absolute atomic E-state index is 0.0247. The fraction of sp³-hybridized carbons (Fsp3) is 0.286. The normalized spacial score (nSPS) is 17.4. The highest BCUT2D eigenvalue weighted by molar-refractivity contribution is 7.98.